The summed E-state index contributed by atoms with van der Waals surface area (Å²) in [5, 5.41) is 12.5. The van der Waals surface area contributed by atoms with E-state index in [-0.39, 0.29) is 0 Å². The molecule has 1 aliphatic carbocycles. The highest BCUT2D eigenvalue weighted by molar-refractivity contribution is 5.95. The Morgan fingerprint density at radius 3 is 2.47 bits per heavy atom. The van der Waals surface area contributed by atoms with Crippen LogP contribution in [0.4, 0.5) is 0 Å². The number of phenols is 1. The van der Waals surface area contributed by atoms with Crippen molar-refractivity contribution >= 4 is 10.8 Å². The zero-order valence-corrected chi connectivity index (χ0v) is 11.4. The summed E-state index contributed by atoms with van der Waals surface area (Å²) in [5.74, 6) is 1.47. The summed E-state index contributed by atoms with van der Waals surface area (Å²) in [4.78, 5) is 0. The van der Waals surface area contributed by atoms with E-state index in [4.69, 9.17) is 4.74 Å². The highest BCUT2D eigenvalue weighted by atomic mass is 16.5. The Bertz CT molecular complexity index is 602. The molecule has 1 N–H and O–H groups in total. The molecule has 0 spiro atoms. The zero-order chi connectivity index (χ0) is 13.2. The van der Waals surface area contributed by atoms with Gasteiger partial charge in [-0.1, -0.05) is 31.2 Å². The van der Waals surface area contributed by atoms with Crippen molar-refractivity contribution in [3.8, 4) is 11.5 Å². The molecule has 2 aromatic carbocycles. The van der Waals surface area contributed by atoms with Crippen LogP contribution in [0.25, 0.3) is 10.8 Å². The van der Waals surface area contributed by atoms with E-state index in [2.05, 4.69) is 13.0 Å². The third-order valence-corrected chi connectivity index (χ3v) is 3.91. The van der Waals surface area contributed by atoms with Gasteiger partial charge in [0, 0.05) is 21.9 Å². The first-order valence-corrected chi connectivity index (χ1v) is 7.21. The zero-order valence-electron chi connectivity index (χ0n) is 11.4. The van der Waals surface area contributed by atoms with Gasteiger partial charge in [0.05, 0.1) is 6.61 Å². The van der Waals surface area contributed by atoms with Gasteiger partial charge in [0.15, 0.2) is 0 Å². The van der Waals surface area contributed by atoms with E-state index in [0.29, 0.717) is 5.75 Å². The van der Waals surface area contributed by atoms with Gasteiger partial charge in [-0.05, 0) is 32.1 Å². The normalized spacial score (nSPS) is 14.4. The van der Waals surface area contributed by atoms with E-state index in [1.165, 1.54) is 12.0 Å². The van der Waals surface area contributed by atoms with Crippen LogP contribution in [0.1, 0.15) is 37.3 Å². The Morgan fingerprint density at radius 2 is 1.74 bits per heavy atom. The summed E-state index contributed by atoms with van der Waals surface area (Å²) < 4.78 is 6.01. The molecule has 0 amide bonds. The molecule has 2 heteroatoms. The van der Waals surface area contributed by atoms with Gasteiger partial charge in [-0.3, -0.25) is 0 Å². The molecule has 0 unspecified atom stereocenters. The lowest BCUT2D eigenvalue weighted by Gasteiger charge is -2.23. The largest absolute Gasteiger partial charge is 0.507 e. The predicted octanol–water partition coefficient (Wildman–Crippen LogP) is 4.21. The number of phenolic OH excluding ortho intramolecular Hbond substituents is 1. The highest BCUT2D eigenvalue weighted by Gasteiger charge is 2.22. The molecule has 0 aliphatic heterocycles. The van der Waals surface area contributed by atoms with Gasteiger partial charge in [-0.25, -0.2) is 0 Å². The Kier molecular flexibility index (Phi) is 3.33. The number of rotatable bonds is 3. The van der Waals surface area contributed by atoms with Gasteiger partial charge in [-0.15, -0.1) is 0 Å². The summed E-state index contributed by atoms with van der Waals surface area (Å²) in [6, 6.07) is 8.02. The topological polar surface area (TPSA) is 29.5 Å². The monoisotopic (exact) mass is 256 g/mol. The minimum Gasteiger partial charge on any atom is -0.507 e. The van der Waals surface area contributed by atoms with Gasteiger partial charge in [0.1, 0.15) is 11.5 Å². The summed E-state index contributed by atoms with van der Waals surface area (Å²) in [7, 11) is 0. The first-order chi connectivity index (χ1) is 9.33. The minimum atomic E-state index is 0.467. The van der Waals surface area contributed by atoms with Crippen molar-refractivity contribution in [1.29, 1.82) is 0 Å². The third-order valence-electron chi connectivity index (χ3n) is 3.91. The smallest absolute Gasteiger partial charge is 0.130 e. The van der Waals surface area contributed by atoms with Crippen molar-refractivity contribution in [2.24, 2.45) is 0 Å². The SMILES string of the molecule is CCCOc1c2c(c(O)c3ccccc13)CCCC2. The molecule has 100 valence electrons. The molecule has 0 radical (unpaired) electrons. The third kappa shape index (κ3) is 2.05. The lowest BCUT2D eigenvalue weighted by Crippen LogP contribution is -2.08. The molecule has 2 aromatic rings. The molecule has 0 bridgehead atoms. The molecule has 2 nitrogen and oxygen atoms in total. The summed E-state index contributed by atoms with van der Waals surface area (Å²) in [5.41, 5.74) is 2.34. The summed E-state index contributed by atoms with van der Waals surface area (Å²) in [6.45, 7) is 2.86. The van der Waals surface area contributed by atoms with E-state index >= 15 is 0 Å². The van der Waals surface area contributed by atoms with Crippen molar-refractivity contribution < 1.29 is 9.84 Å². The van der Waals surface area contributed by atoms with Crippen molar-refractivity contribution in [2.45, 2.75) is 39.0 Å². The van der Waals surface area contributed by atoms with Crippen LogP contribution in [0.2, 0.25) is 0 Å². The Morgan fingerprint density at radius 1 is 1.05 bits per heavy atom. The van der Waals surface area contributed by atoms with Crippen LogP contribution in [0, 0.1) is 0 Å². The first kappa shape index (κ1) is 12.3. The molecule has 0 aromatic heterocycles. The fraction of sp³-hybridized carbons (Fsp3) is 0.412. The van der Waals surface area contributed by atoms with Gasteiger partial charge >= 0.3 is 0 Å². The van der Waals surface area contributed by atoms with E-state index in [1.807, 2.05) is 18.2 Å². The fourth-order valence-electron chi connectivity index (χ4n) is 3.00. The second-order valence-electron chi connectivity index (χ2n) is 5.24. The van der Waals surface area contributed by atoms with Crippen LogP contribution in [-0.2, 0) is 12.8 Å². The second kappa shape index (κ2) is 5.12. The molecule has 0 saturated carbocycles. The van der Waals surface area contributed by atoms with Crippen LogP contribution < -0.4 is 4.74 Å². The van der Waals surface area contributed by atoms with E-state index in [1.54, 1.807) is 0 Å². The first-order valence-electron chi connectivity index (χ1n) is 7.21. The number of hydrogen-bond donors (Lipinski definition) is 1. The Balaban J connectivity index is 2.26. The maximum atomic E-state index is 10.5. The number of benzene rings is 2. The maximum absolute atomic E-state index is 10.5. The van der Waals surface area contributed by atoms with Crippen molar-refractivity contribution in [1.82, 2.24) is 0 Å². The van der Waals surface area contributed by atoms with Gasteiger partial charge in [-0.2, -0.15) is 0 Å². The summed E-state index contributed by atoms with van der Waals surface area (Å²) >= 11 is 0. The fourth-order valence-corrected chi connectivity index (χ4v) is 3.00. The molecule has 0 saturated heterocycles. The van der Waals surface area contributed by atoms with Gasteiger partial charge < -0.3 is 9.84 Å². The van der Waals surface area contributed by atoms with Crippen LogP contribution >= 0.6 is 0 Å². The predicted molar refractivity (Wildman–Crippen MR) is 78.0 cm³/mol. The highest BCUT2D eigenvalue weighted by Crippen LogP contribution is 2.43. The average molecular weight is 256 g/mol. The minimum absolute atomic E-state index is 0.467. The van der Waals surface area contributed by atoms with Gasteiger partial charge in [0.25, 0.3) is 0 Å². The molecule has 0 heterocycles. The maximum Gasteiger partial charge on any atom is 0.130 e. The molecular formula is C17H20O2. The van der Waals surface area contributed by atoms with Crippen LogP contribution in [0.15, 0.2) is 24.3 Å². The lowest BCUT2D eigenvalue weighted by molar-refractivity contribution is 0.315. The van der Waals surface area contributed by atoms with Crippen molar-refractivity contribution in [3.05, 3.63) is 35.4 Å². The van der Waals surface area contributed by atoms with E-state index in [9.17, 15) is 5.11 Å². The number of fused-ring (bicyclic) bond motifs is 2. The van der Waals surface area contributed by atoms with Gasteiger partial charge in [0.2, 0.25) is 0 Å². The standard InChI is InChI=1S/C17H20O2/c1-2-11-19-17-14-9-5-3-7-12(14)16(18)13-8-4-6-10-15(13)17/h3,5,7,9,18H,2,4,6,8,10-11H2,1H3. The molecule has 0 atom stereocenters. The van der Waals surface area contributed by atoms with E-state index < -0.39 is 0 Å². The molecular weight excluding hydrogens is 236 g/mol. The Hall–Kier alpha value is -1.70. The molecule has 3 rings (SSSR count). The number of hydrogen-bond acceptors (Lipinski definition) is 2. The van der Waals surface area contributed by atoms with Crippen LogP contribution in [0.5, 0.6) is 11.5 Å². The second-order valence-corrected chi connectivity index (χ2v) is 5.24. The summed E-state index contributed by atoms with van der Waals surface area (Å²) in [6.07, 6.45) is 5.34. The number of ether oxygens (including phenoxy) is 1. The Labute approximate surface area is 114 Å². The molecule has 0 fully saturated rings. The molecule has 1 aliphatic rings. The quantitative estimate of drug-likeness (QED) is 0.891. The van der Waals surface area contributed by atoms with Crippen LogP contribution in [-0.4, -0.2) is 11.7 Å². The lowest BCUT2D eigenvalue weighted by atomic mass is 9.87. The van der Waals surface area contributed by atoms with E-state index in [0.717, 1.165) is 54.4 Å². The number of aromatic hydroxyl groups is 1. The van der Waals surface area contributed by atoms with Crippen molar-refractivity contribution in [2.75, 3.05) is 6.61 Å². The molecule has 19 heavy (non-hydrogen) atoms. The van der Waals surface area contributed by atoms with Crippen LogP contribution in [0.3, 0.4) is 0 Å². The van der Waals surface area contributed by atoms with Crippen molar-refractivity contribution in [3.63, 3.8) is 0 Å². The average Bonchev–Trinajstić information content (AvgIpc) is 2.47.